The Morgan fingerprint density at radius 1 is 1.35 bits per heavy atom. The molecule has 1 N–H and O–H groups in total. The van der Waals surface area contributed by atoms with Crippen molar-refractivity contribution in [2.45, 2.75) is 6.92 Å². The zero-order valence-electron chi connectivity index (χ0n) is 10.5. The number of nitro benzene ring substituents is 1. The van der Waals surface area contributed by atoms with Gasteiger partial charge in [0.25, 0.3) is 11.6 Å². The molecule has 1 amide bonds. The van der Waals surface area contributed by atoms with Crippen LogP contribution in [0.25, 0.3) is 0 Å². The van der Waals surface area contributed by atoms with E-state index in [1.54, 1.807) is 18.3 Å². The molecule has 0 saturated carbocycles. The van der Waals surface area contributed by atoms with Gasteiger partial charge in [-0.2, -0.15) is 0 Å². The average molecular weight is 383 g/mol. The first-order valence-corrected chi connectivity index (χ1v) is 6.72. The SMILES string of the molecule is Cc1cncc(NC(=O)c2cc([N+](=O)[O-])ccc2I)c1. The summed E-state index contributed by atoms with van der Waals surface area (Å²) >= 11 is 1.97. The summed E-state index contributed by atoms with van der Waals surface area (Å²) in [5.41, 5.74) is 1.62. The van der Waals surface area contributed by atoms with Crippen molar-refractivity contribution in [2.24, 2.45) is 0 Å². The van der Waals surface area contributed by atoms with Crippen LogP contribution in [-0.2, 0) is 0 Å². The van der Waals surface area contributed by atoms with E-state index < -0.39 is 10.8 Å². The lowest BCUT2D eigenvalue weighted by Crippen LogP contribution is -2.14. The zero-order chi connectivity index (χ0) is 14.7. The molecule has 1 heterocycles. The second kappa shape index (κ2) is 5.95. The Morgan fingerprint density at radius 3 is 2.75 bits per heavy atom. The summed E-state index contributed by atoms with van der Waals surface area (Å²) in [5, 5.41) is 13.4. The van der Waals surface area contributed by atoms with Crippen molar-refractivity contribution in [2.75, 3.05) is 5.32 Å². The molecule has 0 aliphatic carbocycles. The molecular formula is C13H10IN3O3. The molecule has 102 valence electrons. The molecule has 20 heavy (non-hydrogen) atoms. The van der Waals surface area contributed by atoms with Crippen LogP contribution in [-0.4, -0.2) is 15.8 Å². The second-order valence-electron chi connectivity index (χ2n) is 4.13. The van der Waals surface area contributed by atoms with Gasteiger partial charge in [-0.15, -0.1) is 0 Å². The van der Waals surface area contributed by atoms with Crippen molar-refractivity contribution in [1.29, 1.82) is 0 Å². The number of hydrogen-bond donors (Lipinski definition) is 1. The molecule has 7 heteroatoms. The Kier molecular flexibility index (Phi) is 4.28. The topological polar surface area (TPSA) is 85.1 Å². The molecule has 0 spiro atoms. The van der Waals surface area contributed by atoms with Gasteiger partial charge in [0.05, 0.1) is 22.4 Å². The molecule has 0 atom stereocenters. The van der Waals surface area contributed by atoms with Crippen LogP contribution in [0.5, 0.6) is 0 Å². The lowest BCUT2D eigenvalue weighted by Gasteiger charge is -2.07. The maximum Gasteiger partial charge on any atom is 0.270 e. The molecule has 1 aromatic heterocycles. The summed E-state index contributed by atoms with van der Waals surface area (Å²) in [7, 11) is 0. The summed E-state index contributed by atoms with van der Waals surface area (Å²) in [4.78, 5) is 26.4. The molecule has 2 aromatic rings. The minimum atomic E-state index is -0.527. The van der Waals surface area contributed by atoms with E-state index >= 15 is 0 Å². The average Bonchev–Trinajstić information content (AvgIpc) is 2.38. The molecule has 0 aliphatic rings. The fourth-order valence-corrected chi connectivity index (χ4v) is 2.20. The fourth-order valence-electron chi connectivity index (χ4n) is 1.62. The summed E-state index contributed by atoms with van der Waals surface area (Å²) in [6.45, 7) is 1.86. The molecule has 0 aliphatic heterocycles. The van der Waals surface area contributed by atoms with Crippen LogP contribution in [0, 0.1) is 20.6 Å². The quantitative estimate of drug-likeness (QED) is 0.501. The van der Waals surface area contributed by atoms with E-state index in [0.717, 1.165) is 5.56 Å². The smallest absolute Gasteiger partial charge is 0.270 e. The van der Waals surface area contributed by atoms with Crippen LogP contribution < -0.4 is 5.32 Å². The number of benzene rings is 1. The molecule has 6 nitrogen and oxygen atoms in total. The maximum atomic E-state index is 12.2. The van der Waals surface area contributed by atoms with Crippen molar-refractivity contribution in [1.82, 2.24) is 4.98 Å². The standard InChI is InChI=1S/C13H10IN3O3/c1-8-4-9(7-15-6-8)16-13(18)11-5-10(17(19)20)2-3-12(11)14/h2-7H,1H3,(H,16,18). The predicted octanol–water partition coefficient (Wildman–Crippen LogP) is 3.16. The molecular weight excluding hydrogens is 373 g/mol. The normalized spacial score (nSPS) is 10.1. The summed E-state index contributed by atoms with van der Waals surface area (Å²) in [5.74, 6) is -0.398. The highest BCUT2D eigenvalue weighted by atomic mass is 127. The van der Waals surface area contributed by atoms with Gasteiger partial charge in [0, 0.05) is 21.9 Å². The molecule has 0 saturated heterocycles. The number of aromatic nitrogens is 1. The first kappa shape index (κ1) is 14.4. The van der Waals surface area contributed by atoms with Gasteiger partial charge in [0.2, 0.25) is 0 Å². The Balaban J connectivity index is 2.29. The van der Waals surface area contributed by atoms with Gasteiger partial charge in [-0.1, -0.05) is 0 Å². The van der Waals surface area contributed by atoms with E-state index in [-0.39, 0.29) is 11.3 Å². The fraction of sp³-hybridized carbons (Fsp3) is 0.0769. The number of anilines is 1. The molecule has 0 radical (unpaired) electrons. The Labute approximate surface area is 128 Å². The maximum absolute atomic E-state index is 12.2. The number of nitro groups is 1. The monoisotopic (exact) mass is 383 g/mol. The highest BCUT2D eigenvalue weighted by molar-refractivity contribution is 14.1. The van der Waals surface area contributed by atoms with Crippen molar-refractivity contribution in [3.8, 4) is 0 Å². The van der Waals surface area contributed by atoms with Gasteiger partial charge in [-0.25, -0.2) is 0 Å². The number of carbonyl (C=O) groups excluding carboxylic acids is 1. The van der Waals surface area contributed by atoms with Gasteiger partial charge in [-0.3, -0.25) is 19.9 Å². The third-order valence-electron chi connectivity index (χ3n) is 2.54. The van der Waals surface area contributed by atoms with E-state index in [2.05, 4.69) is 10.3 Å². The largest absolute Gasteiger partial charge is 0.321 e. The van der Waals surface area contributed by atoms with Gasteiger partial charge in [-0.05, 0) is 47.2 Å². The van der Waals surface area contributed by atoms with E-state index in [1.807, 2.05) is 29.5 Å². The second-order valence-corrected chi connectivity index (χ2v) is 5.29. The van der Waals surface area contributed by atoms with Crippen molar-refractivity contribution >= 4 is 39.9 Å². The Morgan fingerprint density at radius 2 is 2.10 bits per heavy atom. The van der Waals surface area contributed by atoms with Gasteiger partial charge in [0.15, 0.2) is 0 Å². The number of halogens is 1. The number of carbonyl (C=O) groups is 1. The van der Waals surface area contributed by atoms with E-state index in [9.17, 15) is 14.9 Å². The van der Waals surface area contributed by atoms with Crippen LogP contribution in [0.1, 0.15) is 15.9 Å². The lowest BCUT2D eigenvalue weighted by atomic mass is 10.2. The predicted molar refractivity (Wildman–Crippen MR) is 82.7 cm³/mol. The summed E-state index contributed by atoms with van der Waals surface area (Å²) in [6, 6.07) is 5.95. The van der Waals surface area contributed by atoms with Crippen molar-refractivity contribution < 1.29 is 9.72 Å². The third-order valence-corrected chi connectivity index (χ3v) is 3.48. The van der Waals surface area contributed by atoms with Gasteiger partial charge in [0.1, 0.15) is 0 Å². The molecule has 0 unspecified atom stereocenters. The molecule has 0 bridgehead atoms. The van der Waals surface area contributed by atoms with Gasteiger partial charge < -0.3 is 5.32 Å². The number of aryl methyl sites for hydroxylation is 1. The first-order chi connectivity index (χ1) is 9.47. The highest BCUT2D eigenvalue weighted by Gasteiger charge is 2.15. The van der Waals surface area contributed by atoms with Crippen LogP contribution in [0.15, 0.2) is 36.7 Å². The molecule has 1 aromatic carbocycles. The first-order valence-electron chi connectivity index (χ1n) is 5.64. The third kappa shape index (κ3) is 3.29. The summed E-state index contributed by atoms with van der Waals surface area (Å²) in [6.07, 6.45) is 3.20. The van der Waals surface area contributed by atoms with E-state index in [4.69, 9.17) is 0 Å². The number of hydrogen-bond acceptors (Lipinski definition) is 4. The highest BCUT2D eigenvalue weighted by Crippen LogP contribution is 2.20. The number of nitrogens with one attached hydrogen (secondary N) is 1. The number of nitrogens with zero attached hydrogens (tertiary/aromatic N) is 2. The van der Waals surface area contributed by atoms with Crippen molar-refractivity contribution in [3.63, 3.8) is 0 Å². The minimum absolute atomic E-state index is 0.113. The zero-order valence-corrected chi connectivity index (χ0v) is 12.6. The van der Waals surface area contributed by atoms with Crippen LogP contribution >= 0.6 is 22.6 Å². The lowest BCUT2D eigenvalue weighted by molar-refractivity contribution is -0.384. The summed E-state index contributed by atoms with van der Waals surface area (Å²) < 4.78 is 0.645. The molecule has 0 fully saturated rings. The van der Waals surface area contributed by atoms with Crippen molar-refractivity contribution in [3.05, 3.63) is 61.5 Å². The minimum Gasteiger partial charge on any atom is -0.321 e. The Bertz CT molecular complexity index is 688. The number of non-ortho nitro benzene ring substituents is 1. The van der Waals surface area contributed by atoms with E-state index in [1.165, 1.54) is 18.3 Å². The van der Waals surface area contributed by atoms with Crippen LogP contribution in [0.2, 0.25) is 0 Å². The number of amides is 1. The van der Waals surface area contributed by atoms with E-state index in [0.29, 0.717) is 9.26 Å². The number of pyridine rings is 1. The van der Waals surface area contributed by atoms with Gasteiger partial charge >= 0.3 is 0 Å². The van der Waals surface area contributed by atoms with Crippen LogP contribution in [0.3, 0.4) is 0 Å². The number of rotatable bonds is 3. The molecule has 2 rings (SSSR count). The Hall–Kier alpha value is -2.03. The van der Waals surface area contributed by atoms with Crippen LogP contribution in [0.4, 0.5) is 11.4 Å².